The second-order valence-electron chi connectivity index (χ2n) is 7.33. The summed E-state index contributed by atoms with van der Waals surface area (Å²) in [4.78, 5) is 0. The summed E-state index contributed by atoms with van der Waals surface area (Å²) < 4.78 is 11.4. The van der Waals surface area contributed by atoms with Crippen LogP contribution in [0.1, 0.15) is 26.7 Å². The van der Waals surface area contributed by atoms with Crippen molar-refractivity contribution in [3.63, 3.8) is 0 Å². The molecule has 1 spiro atoms. The normalized spacial score (nSPS) is 32.2. The van der Waals surface area contributed by atoms with Crippen LogP contribution in [-0.4, -0.2) is 19.0 Å². The van der Waals surface area contributed by atoms with Crippen molar-refractivity contribution >= 4 is 0 Å². The summed E-state index contributed by atoms with van der Waals surface area (Å²) in [6.45, 7) is 13.8. The minimum atomic E-state index is -0.402. The van der Waals surface area contributed by atoms with Crippen molar-refractivity contribution in [3.8, 4) is 0 Å². The van der Waals surface area contributed by atoms with Crippen molar-refractivity contribution in [3.05, 3.63) is 78.1 Å². The summed E-state index contributed by atoms with van der Waals surface area (Å²) in [6.07, 6.45) is 22.2. The first-order chi connectivity index (χ1) is 11.4. The average Bonchev–Trinajstić information content (AvgIpc) is 3.31. The van der Waals surface area contributed by atoms with Gasteiger partial charge in [0, 0.05) is 5.41 Å². The van der Waals surface area contributed by atoms with Gasteiger partial charge in [0.05, 0.1) is 13.2 Å². The van der Waals surface area contributed by atoms with Gasteiger partial charge in [-0.1, -0.05) is 12.8 Å². The van der Waals surface area contributed by atoms with Crippen molar-refractivity contribution in [2.75, 3.05) is 13.2 Å². The minimum absolute atomic E-state index is 0. The van der Waals surface area contributed by atoms with Gasteiger partial charge in [-0.2, -0.15) is 11.8 Å². The molecule has 3 aliphatic carbocycles. The van der Waals surface area contributed by atoms with Gasteiger partial charge in [-0.05, 0) is 78.1 Å². The van der Waals surface area contributed by atoms with Gasteiger partial charge in [-0.3, -0.25) is 0 Å². The summed E-state index contributed by atoms with van der Waals surface area (Å²) >= 11 is 0. The summed E-state index contributed by atoms with van der Waals surface area (Å²) in [5.74, 6) is 0.521. The van der Waals surface area contributed by atoms with Crippen LogP contribution in [0.5, 0.6) is 0 Å². The van der Waals surface area contributed by atoms with Gasteiger partial charge in [0.1, 0.15) is 0 Å². The van der Waals surface area contributed by atoms with Crippen molar-refractivity contribution in [1.82, 2.24) is 0 Å². The molecule has 3 saturated carbocycles. The van der Waals surface area contributed by atoms with Crippen LogP contribution in [0.25, 0.3) is 0 Å². The van der Waals surface area contributed by atoms with Crippen LogP contribution in [0.3, 0.4) is 0 Å². The van der Waals surface area contributed by atoms with E-state index in [1.54, 1.807) is 0 Å². The van der Waals surface area contributed by atoms with Gasteiger partial charge in [-0.25, -0.2) is 0 Å². The second-order valence-corrected chi connectivity index (χ2v) is 7.33. The van der Waals surface area contributed by atoms with Gasteiger partial charge < -0.3 is 23.3 Å². The van der Waals surface area contributed by atoms with E-state index in [1.165, 1.54) is 0 Å². The number of rotatable bonds is 0. The Morgan fingerprint density at radius 2 is 0.960 bits per heavy atom. The zero-order valence-corrected chi connectivity index (χ0v) is 17.9. The molecule has 0 aromatic heterocycles. The van der Waals surface area contributed by atoms with E-state index in [-0.39, 0.29) is 31.6 Å². The Morgan fingerprint density at radius 3 is 1.24 bits per heavy atom. The van der Waals surface area contributed by atoms with E-state index in [0.29, 0.717) is 11.8 Å². The first-order valence-corrected chi connectivity index (χ1v) is 8.70. The van der Waals surface area contributed by atoms with Crippen LogP contribution >= 0.6 is 0 Å². The SMILES string of the molecule is [CH2-][C@@H]1CC2(COC(C)(C)OC2)C[C@H]1[CH2-].[CH]1[CH][CH][CH][CH]1.[CH]1[CH][CH][CH][CH]1.[Zr+2]. The maximum atomic E-state index is 5.72. The summed E-state index contributed by atoms with van der Waals surface area (Å²) in [5.41, 5.74) is 0.203. The molecular formula is C22H30O2Zr. The predicted molar refractivity (Wildman–Crippen MR) is 98.3 cm³/mol. The molecule has 2 nitrogen and oxygen atoms in total. The third-order valence-corrected chi connectivity index (χ3v) is 4.62. The maximum Gasteiger partial charge on any atom is 2.00 e. The van der Waals surface area contributed by atoms with E-state index in [0.717, 1.165) is 26.1 Å². The molecule has 10 radical (unpaired) electrons. The van der Waals surface area contributed by atoms with E-state index >= 15 is 0 Å². The molecule has 4 fully saturated rings. The van der Waals surface area contributed by atoms with Gasteiger partial charge in [0.25, 0.3) is 0 Å². The molecular weight excluding hydrogens is 387 g/mol. The van der Waals surface area contributed by atoms with Crippen LogP contribution in [0.4, 0.5) is 0 Å². The molecule has 0 N–H and O–H groups in total. The zero-order valence-electron chi connectivity index (χ0n) is 15.5. The van der Waals surface area contributed by atoms with Crippen molar-refractivity contribution in [2.45, 2.75) is 32.5 Å². The smallest absolute Gasteiger partial charge is 0.350 e. The van der Waals surface area contributed by atoms with Crippen LogP contribution in [0, 0.1) is 95.3 Å². The van der Waals surface area contributed by atoms with E-state index in [4.69, 9.17) is 9.47 Å². The predicted octanol–water partition coefficient (Wildman–Crippen LogP) is 4.49. The third-order valence-electron chi connectivity index (χ3n) is 4.62. The van der Waals surface area contributed by atoms with Crippen molar-refractivity contribution in [1.29, 1.82) is 0 Å². The molecule has 0 amide bonds. The Kier molecular flexibility index (Phi) is 11.1. The number of ether oxygens (including phenoxy) is 2. The monoisotopic (exact) mass is 416 g/mol. The minimum Gasteiger partial charge on any atom is -0.350 e. The fourth-order valence-electron chi connectivity index (χ4n) is 3.14. The summed E-state index contributed by atoms with van der Waals surface area (Å²) in [5, 5.41) is 0. The van der Waals surface area contributed by atoms with Crippen molar-refractivity contribution in [2.24, 2.45) is 17.3 Å². The first-order valence-electron chi connectivity index (χ1n) is 8.70. The number of hydrogen-bond donors (Lipinski definition) is 0. The standard InChI is InChI=1S/C12H20O2.2C5H5.Zr/c1-9-5-12(6-10(9)2)7-13-11(3,4)14-8-12;2*1-2-4-5-3-1;/h9-10H,1-2,5-8H2,3-4H3;2*1-5H;/q-2;;;+2/t9-,10-;;;/m1.../s1. The third kappa shape index (κ3) is 8.57. The second kappa shape index (κ2) is 11.6. The largest absolute Gasteiger partial charge is 2.00 e. The van der Waals surface area contributed by atoms with Crippen LogP contribution in [-0.2, 0) is 35.7 Å². The van der Waals surface area contributed by atoms with Crippen LogP contribution < -0.4 is 0 Å². The van der Waals surface area contributed by atoms with Crippen LogP contribution in [0.2, 0.25) is 0 Å². The quantitative estimate of drug-likeness (QED) is 0.541. The number of hydrogen-bond acceptors (Lipinski definition) is 2. The molecule has 0 bridgehead atoms. The van der Waals surface area contributed by atoms with E-state index in [1.807, 2.05) is 78.1 Å². The van der Waals surface area contributed by atoms with Gasteiger partial charge in [0.15, 0.2) is 5.79 Å². The molecule has 0 aromatic rings. The Labute approximate surface area is 176 Å². The Bertz CT molecular complexity index is 301. The molecule has 3 heteroatoms. The zero-order chi connectivity index (χ0) is 17.5. The van der Waals surface area contributed by atoms with Crippen LogP contribution in [0.15, 0.2) is 0 Å². The molecule has 4 aliphatic rings. The van der Waals surface area contributed by atoms with Gasteiger partial charge in [0.2, 0.25) is 0 Å². The molecule has 25 heavy (non-hydrogen) atoms. The Morgan fingerprint density at radius 1 is 0.680 bits per heavy atom. The Hall–Kier alpha value is 0.803. The molecule has 134 valence electrons. The fourth-order valence-corrected chi connectivity index (χ4v) is 3.14. The summed E-state index contributed by atoms with van der Waals surface area (Å²) in [7, 11) is 0. The van der Waals surface area contributed by atoms with E-state index in [9.17, 15) is 0 Å². The molecule has 1 saturated heterocycles. The molecule has 4 rings (SSSR count). The molecule has 2 atom stereocenters. The van der Waals surface area contributed by atoms with Gasteiger partial charge in [-0.15, -0.1) is 0 Å². The van der Waals surface area contributed by atoms with Crippen molar-refractivity contribution < 1.29 is 35.7 Å². The summed E-state index contributed by atoms with van der Waals surface area (Å²) in [6, 6.07) is 0. The molecule has 1 aliphatic heterocycles. The average molecular weight is 418 g/mol. The Balaban J connectivity index is 0.000000233. The topological polar surface area (TPSA) is 18.5 Å². The van der Waals surface area contributed by atoms with E-state index in [2.05, 4.69) is 13.8 Å². The fraction of sp³-hybridized carbons (Fsp3) is 0.455. The molecule has 1 heterocycles. The van der Waals surface area contributed by atoms with Gasteiger partial charge >= 0.3 is 26.2 Å². The van der Waals surface area contributed by atoms with E-state index < -0.39 is 5.79 Å². The first kappa shape index (κ1) is 23.8. The molecule has 0 aromatic carbocycles. The maximum absolute atomic E-state index is 5.72. The molecule has 0 unspecified atom stereocenters.